The van der Waals surface area contributed by atoms with Crippen LogP contribution in [-0.2, 0) is 0 Å². The SMILES string of the molecule is C(C=C(c1ccccc1)c1ccccc1)=C(c1ccccc1)c1ccccc1.c1cc2ccc3cccc4ccc(c1)c2c34. The van der Waals surface area contributed by atoms with Gasteiger partial charge in [-0.25, -0.2) is 0 Å². The molecule has 0 heterocycles. The van der Waals surface area contributed by atoms with E-state index in [1.54, 1.807) is 0 Å². The van der Waals surface area contributed by atoms with Crippen molar-refractivity contribution >= 4 is 43.5 Å². The van der Waals surface area contributed by atoms with Crippen molar-refractivity contribution < 1.29 is 0 Å². The highest BCUT2D eigenvalue weighted by molar-refractivity contribution is 6.22. The maximum Gasteiger partial charge on any atom is -0.00268 e. The molecule has 8 rings (SSSR count). The molecule has 0 atom stereocenters. The standard InChI is InChI=1S/C28H22.C16H10/c1-5-13-23(14-6-1)27(24-15-7-2-8-16-24)21-22-28(25-17-9-3-10-18-25)26-19-11-4-12-20-26;1-3-11-7-9-13-5-2-6-14-10-8-12(4-1)15(11)16(13)14/h1-22H;1-10H. The summed E-state index contributed by atoms with van der Waals surface area (Å²) in [7, 11) is 0. The predicted octanol–water partition coefficient (Wildman–Crippen LogP) is 11.8. The molecule has 0 fully saturated rings. The van der Waals surface area contributed by atoms with Gasteiger partial charge in [0, 0.05) is 0 Å². The summed E-state index contributed by atoms with van der Waals surface area (Å²) in [5, 5.41) is 8.14. The van der Waals surface area contributed by atoms with E-state index < -0.39 is 0 Å². The lowest BCUT2D eigenvalue weighted by atomic mass is 9.94. The average Bonchev–Trinajstić information content (AvgIpc) is 3.11. The lowest BCUT2D eigenvalue weighted by molar-refractivity contribution is 1.53. The van der Waals surface area contributed by atoms with Gasteiger partial charge in [-0.15, -0.1) is 0 Å². The lowest BCUT2D eigenvalue weighted by Gasteiger charge is -2.10. The number of rotatable bonds is 5. The Balaban J connectivity index is 0.000000164. The van der Waals surface area contributed by atoms with Crippen LogP contribution in [0.5, 0.6) is 0 Å². The first-order chi connectivity index (χ1) is 21.8. The van der Waals surface area contributed by atoms with Crippen LogP contribution in [0.25, 0.3) is 43.5 Å². The van der Waals surface area contributed by atoms with Gasteiger partial charge in [0.25, 0.3) is 0 Å². The average molecular weight is 561 g/mol. The van der Waals surface area contributed by atoms with Crippen LogP contribution < -0.4 is 0 Å². The molecule has 0 nitrogen and oxygen atoms in total. The third-order valence-corrected chi connectivity index (χ3v) is 8.15. The minimum absolute atomic E-state index is 1.21. The van der Waals surface area contributed by atoms with E-state index in [2.05, 4.69) is 194 Å². The molecule has 0 radical (unpaired) electrons. The van der Waals surface area contributed by atoms with E-state index in [1.165, 1.54) is 65.7 Å². The second kappa shape index (κ2) is 12.7. The molecular weight excluding hydrogens is 528 g/mol. The summed E-state index contributed by atoms with van der Waals surface area (Å²) in [6.07, 6.45) is 4.47. The van der Waals surface area contributed by atoms with Gasteiger partial charge in [-0.2, -0.15) is 0 Å². The highest BCUT2D eigenvalue weighted by Gasteiger charge is 2.07. The van der Waals surface area contributed by atoms with Crippen LogP contribution in [0.1, 0.15) is 22.3 Å². The summed E-state index contributed by atoms with van der Waals surface area (Å²) in [4.78, 5) is 0. The molecule has 44 heavy (non-hydrogen) atoms. The fourth-order valence-electron chi connectivity index (χ4n) is 6.03. The summed E-state index contributed by atoms with van der Waals surface area (Å²) in [6.45, 7) is 0. The quantitative estimate of drug-likeness (QED) is 0.145. The number of benzene rings is 8. The van der Waals surface area contributed by atoms with Crippen molar-refractivity contribution in [3.63, 3.8) is 0 Å². The zero-order valence-electron chi connectivity index (χ0n) is 24.5. The molecule has 0 saturated heterocycles. The summed E-state index contributed by atoms with van der Waals surface area (Å²) >= 11 is 0. The van der Waals surface area contributed by atoms with Crippen molar-refractivity contribution in [3.05, 3.63) is 216 Å². The molecule has 0 N–H and O–H groups in total. The maximum absolute atomic E-state index is 2.24. The van der Waals surface area contributed by atoms with Crippen molar-refractivity contribution in [2.45, 2.75) is 0 Å². The molecule has 8 aromatic rings. The summed E-state index contributed by atoms with van der Waals surface area (Å²) in [6, 6.07) is 64.1. The predicted molar refractivity (Wildman–Crippen MR) is 190 cm³/mol. The first-order valence-corrected chi connectivity index (χ1v) is 15.1. The number of hydrogen-bond acceptors (Lipinski definition) is 0. The molecule has 0 saturated carbocycles. The lowest BCUT2D eigenvalue weighted by Crippen LogP contribution is -1.89. The van der Waals surface area contributed by atoms with Gasteiger partial charge in [-0.1, -0.05) is 194 Å². The Kier molecular flexibility index (Phi) is 7.80. The van der Waals surface area contributed by atoms with Gasteiger partial charge in [-0.05, 0) is 65.7 Å². The van der Waals surface area contributed by atoms with Crippen LogP contribution in [0.3, 0.4) is 0 Å². The monoisotopic (exact) mass is 560 g/mol. The van der Waals surface area contributed by atoms with E-state index in [0.29, 0.717) is 0 Å². The third kappa shape index (κ3) is 5.67. The van der Waals surface area contributed by atoms with Crippen molar-refractivity contribution in [2.75, 3.05) is 0 Å². The van der Waals surface area contributed by atoms with Crippen LogP contribution in [0, 0.1) is 0 Å². The molecule has 208 valence electrons. The first kappa shape index (κ1) is 27.1. The third-order valence-electron chi connectivity index (χ3n) is 8.15. The molecule has 0 heteroatoms. The summed E-state index contributed by atoms with van der Waals surface area (Å²) < 4.78 is 0. The molecule has 0 spiro atoms. The fourth-order valence-corrected chi connectivity index (χ4v) is 6.03. The molecule has 0 unspecified atom stereocenters. The van der Waals surface area contributed by atoms with Crippen LogP contribution >= 0.6 is 0 Å². The van der Waals surface area contributed by atoms with Gasteiger partial charge < -0.3 is 0 Å². The summed E-state index contributed by atoms with van der Waals surface area (Å²) in [5.41, 5.74) is 7.28. The van der Waals surface area contributed by atoms with Crippen LogP contribution in [0.2, 0.25) is 0 Å². The van der Waals surface area contributed by atoms with E-state index in [-0.39, 0.29) is 0 Å². The van der Waals surface area contributed by atoms with E-state index >= 15 is 0 Å². The van der Waals surface area contributed by atoms with Gasteiger partial charge in [0.05, 0.1) is 0 Å². The van der Waals surface area contributed by atoms with Gasteiger partial charge in [0.1, 0.15) is 0 Å². The van der Waals surface area contributed by atoms with Crippen molar-refractivity contribution in [2.24, 2.45) is 0 Å². The van der Waals surface area contributed by atoms with Crippen molar-refractivity contribution in [1.29, 1.82) is 0 Å². The Morgan fingerprint density at radius 2 is 0.500 bits per heavy atom. The van der Waals surface area contributed by atoms with Crippen LogP contribution in [-0.4, -0.2) is 0 Å². The second-order valence-corrected chi connectivity index (χ2v) is 10.9. The number of allylic oxidation sites excluding steroid dienone is 2. The smallest absolute Gasteiger partial charge is 0.00268 e. The Bertz CT molecular complexity index is 1870. The molecule has 8 aromatic carbocycles. The maximum atomic E-state index is 2.24. The Hall–Kier alpha value is -5.72. The molecule has 0 bridgehead atoms. The van der Waals surface area contributed by atoms with Crippen molar-refractivity contribution in [3.8, 4) is 0 Å². The molecule has 0 aliphatic carbocycles. The minimum Gasteiger partial charge on any atom is -0.0622 e. The molecule has 0 aromatic heterocycles. The molecule has 0 aliphatic heterocycles. The van der Waals surface area contributed by atoms with Crippen molar-refractivity contribution in [1.82, 2.24) is 0 Å². The first-order valence-electron chi connectivity index (χ1n) is 15.1. The Labute approximate surface area is 259 Å². The topological polar surface area (TPSA) is 0 Å². The highest BCUT2D eigenvalue weighted by atomic mass is 14.1. The van der Waals surface area contributed by atoms with E-state index in [9.17, 15) is 0 Å². The summed E-state index contributed by atoms with van der Waals surface area (Å²) in [5.74, 6) is 0. The molecule has 0 aliphatic rings. The molecular formula is C44H32. The van der Waals surface area contributed by atoms with Gasteiger partial charge in [0.2, 0.25) is 0 Å². The second-order valence-electron chi connectivity index (χ2n) is 10.9. The van der Waals surface area contributed by atoms with Crippen LogP contribution in [0.4, 0.5) is 0 Å². The van der Waals surface area contributed by atoms with Gasteiger partial charge in [0.15, 0.2) is 0 Å². The van der Waals surface area contributed by atoms with Gasteiger partial charge in [-0.3, -0.25) is 0 Å². The van der Waals surface area contributed by atoms with E-state index in [1.807, 2.05) is 0 Å². The normalized spacial score (nSPS) is 10.7. The molecule has 0 amide bonds. The zero-order chi connectivity index (χ0) is 29.6. The largest absolute Gasteiger partial charge is 0.0622 e. The van der Waals surface area contributed by atoms with Gasteiger partial charge >= 0.3 is 0 Å². The fraction of sp³-hybridized carbons (Fsp3) is 0. The highest BCUT2D eigenvalue weighted by Crippen LogP contribution is 2.34. The Morgan fingerprint density at radius 1 is 0.250 bits per heavy atom. The van der Waals surface area contributed by atoms with E-state index in [4.69, 9.17) is 0 Å². The zero-order valence-corrected chi connectivity index (χ0v) is 24.5. The number of hydrogen-bond donors (Lipinski definition) is 0. The van der Waals surface area contributed by atoms with E-state index in [0.717, 1.165) is 0 Å². The Morgan fingerprint density at radius 3 is 0.750 bits per heavy atom. The minimum atomic E-state index is 1.21. The van der Waals surface area contributed by atoms with Crippen LogP contribution in [0.15, 0.2) is 194 Å².